The zero-order valence-electron chi connectivity index (χ0n) is 13.8. The van der Waals surface area contributed by atoms with Crippen LogP contribution in [0.1, 0.15) is 5.56 Å². The summed E-state index contributed by atoms with van der Waals surface area (Å²) in [5.74, 6) is -0.192. The van der Waals surface area contributed by atoms with E-state index >= 15 is 0 Å². The van der Waals surface area contributed by atoms with Crippen LogP contribution in [0.4, 0.5) is 11.4 Å². The largest absolute Gasteiger partial charge is 0.508 e. The Balaban J connectivity index is 0.000000342. The summed E-state index contributed by atoms with van der Waals surface area (Å²) in [5, 5.41) is 22.4. The van der Waals surface area contributed by atoms with Crippen molar-refractivity contribution in [2.24, 2.45) is 0 Å². The molecule has 132 valence electrons. The number of phenolic OH excluding ortho intramolecular Hbond substituents is 1. The van der Waals surface area contributed by atoms with E-state index in [0.29, 0.717) is 11.3 Å². The van der Waals surface area contributed by atoms with Gasteiger partial charge in [-0.2, -0.15) is 0 Å². The lowest BCUT2D eigenvalue weighted by Crippen LogP contribution is -2.14. The van der Waals surface area contributed by atoms with E-state index in [0.717, 1.165) is 0 Å². The number of amides is 1. The monoisotopic (exact) mass is 351 g/mol. The van der Waals surface area contributed by atoms with Crippen LogP contribution in [0.15, 0.2) is 79.1 Å². The number of anilines is 1. The van der Waals surface area contributed by atoms with Crippen molar-refractivity contribution < 1.29 is 14.8 Å². The maximum Gasteiger partial charge on any atom is 0.269 e. The Bertz CT molecular complexity index is 825. The van der Waals surface area contributed by atoms with E-state index in [-0.39, 0.29) is 23.8 Å². The van der Waals surface area contributed by atoms with E-state index < -0.39 is 4.92 Å². The van der Waals surface area contributed by atoms with Gasteiger partial charge < -0.3 is 10.4 Å². The smallest absolute Gasteiger partial charge is 0.269 e. The van der Waals surface area contributed by atoms with Crippen molar-refractivity contribution in [2.45, 2.75) is 6.42 Å². The third kappa shape index (κ3) is 6.40. The van der Waals surface area contributed by atoms with Gasteiger partial charge in [-0.15, -0.1) is 0 Å². The highest BCUT2D eigenvalue weighted by Gasteiger charge is 2.07. The molecule has 0 unspecified atom stereocenters. The van der Waals surface area contributed by atoms with Gasteiger partial charge in [-0.3, -0.25) is 19.9 Å². The third-order valence-corrected chi connectivity index (χ3v) is 3.21. The Morgan fingerprint density at radius 3 is 2.23 bits per heavy atom. The molecule has 2 aromatic carbocycles. The van der Waals surface area contributed by atoms with E-state index in [1.807, 2.05) is 18.2 Å². The van der Waals surface area contributed by atoms with Crippen LogP contribution in [0.2, 0.25) is 0 Å². The first-order valence-corrected chi connectivity index (χ1v) is 7.72. The summed E-state index contributed by atoms with van der Waals surface area (Å²) in [6, 6.07) is 17.7. The fraction of sp³-hybridized carbons (Fsp3) is 0.0526. The maximum atomic E-state index is 11.8. The lowest BCUT2D eigenvalue weighted by Gasteiger charge is -2.05. The van der Waals surface area contributed by atoms with Gasteiger partial charge in [-0.05, 0) is 29.8 Å². The van der Waals surface area contributed by atoms with Crippen LogP contribution in [-0.4, -0.2) is 20.9 Å². The van der Waals surface area contributed by atoms with Gasteiger partial charge in [0.05, 0.1) is 11.3 Å². The van der Waals surface area contributed by atoms with Crippen LogP contribution in [0.25, 0.3) is 0 Å². The number of nitrogens with one attached hydrogen (secondary N) is 1. The molecule has 0 radical (unpaired) electrons. The van der Waals surface area contributed by atoms with Gasteiger partial charge >= 0.3 is 0 Å². The molecule has 2 N–H and O–H groups in total. The number of aromatic nitrogens is 1. The van der Waals surface area contributed by atoms with Crippen LogP contribution < -0.4 is 5.32 Å². The second kappa shape index (κ2) is 9.53. The molecule has 0 bridgehead atoms. The van der Waals surface area contributed by atoms with Gasteiger partial charge in [0, 0.05) is 36.3 Å². The molecular weight excluding hydrogens is 334 g/mol. The van der Waals surface area contributed by atoms with Crippen molar-refractivity contribution in [3.8, 4) is 5.75 Å². The molecule has 7 nitrogen and oxygen atoms in total. The zero-order valence-corrected chi connectivity index (χ0v) is 13.8. The molecule has 3 aromatic rings. The molecule has 0 atom stereocenters. The molecule has 0 fully saturated rings. The molecule has 0 saturated carbocycles. The van der Waals surface area contributed by atoms with Crippen LogP contribution in [0.3, 0.4) is 0 Å². The minimum absolute atomic E-state index is 0.0119. The van der Waals surface area contributed by atoms with Crippen LogP contribution in [0, 0.1) is 10.1 Å². The fourth-order valence-corrected chi connectivity index (χ4v) is 2.02. The van der Waals surface area contributed by atoms with Gasteiger partial charge in [0.1, 0.15) is 5.75 Å². The van der Waals surface area contributed by atoms with Crippen molar-refractivity contribution in [3.63, 3.8) is 0 Å². The summed E-state index contributed by atoms with van der Waals surface area (Å²) in [5.41, 5.74) is 1.16. The quantitative estimate of drug-likeness (QED) is 0.552. The SMILES string of the molecule is O=C(Cc1ccc([N+](=O)[O-])cc1)Nc1cccc(O)c1.c1ccncc1. The van der Waals surface area contributed by atoms with Crippen LogP contribution >= 0.6 is 0 Å². The number of phenols is 1. The van der Waals surface area contributed by atoms with E-state index in [1.54, 1.807) is 36.7 Å². The molecule has 3 rings (SSSR count). The molecule has 1 amide bonds. The number of rotatable bonds is 4. The zero-order chi connectivity index (χ0) is 18.8. The fourth-order valence-electron chi connectivity index (χ4n) is 2.02. The van der Waals surface area contributed by atoms with E-state index in [4.69, 9.17) is 0 Å². The average Bonchev–Trinajstić information content (AvgIpc) is 2.64. The summed E-state index contributed by atoms with van der Waals surface area (Å²) >= 11 is 0. The van der Waals surface area contributed by atoms with Crippen molar-refractivity contribution in [1.29, 1.82) is 0 Å². The number of nitro groups is 1. The molecule has 0 aliphatic heterocycles. The average molecular weight is 351 g/mol. The Morgan fingerprint density at radius 2 is 1.73 bits per heavy atom. The highest BCUT2D eigenvalue weighted by atomic mass is 16.6. The number of non-ortho nitro benzene ring substituents is 1. The summed E-state index contributed by atoms with van der Waals surface area (Å²) in [6.45, 7) is 0. The second-order valence-electron chi connectivity index (χ2n) is 5.22. The molecule has 1 aromatic heterocycles. The summed E-state index contributed by atoms with van der Waals surface area (Å²) < 4.78 is 0. The number of nitrogens with zero attached hydrogens (tertiary/aromatic N) is 2. The Kier molecular flexibility index (Phi) is 6.82. The lowest BCUT2D eigenvalue weighted by atomic mass is 10.1. The first-order valence-electron chi connectivity index (χ1n) is 7.72. The highest BCUT2D eigenvalue weighted by molar-refractivity contribution is 5.92. The molecule has 7 heteroatoms. The van der Waals surface area contributed by atoms with Crippen LogP contribution in [-0.2, 0) is 11.2 Å². The minimum Gasteiger partial charge on any atom is -0.508 e. The molecule has 0 aliphatic rings. The van der Waals surface area contributed by atoms with Gasteiger partial charge in [0.2, 0.25) is 5.91 Å². The number of nitro benzene ring substituents is 1. The van der Waals surface area contributed by atoms with Gasteiger partial charge in [0.15, 0.2) is 0 Å². The first kappa shape index (κ1) is 18.6. The van der Waals surface area contributed by atoms with Gasteiger partial charge in [0.25, 0.3) is 5.69 Å². The highest BCUT2D eigenvalue weighted by Crippen LogP contribution is 2.16. The number of carbonyl (C=O) groups is 1. The number of hydrogen-bond donors (Lipinski definition) is 2. The Morgan fingerprint density at radius 1 is 1.04 bits per heavy atom. The predicted molar refractivity (Wildman–Crippen MR) is 97.8 cm³/mol. The van der Waals surface area contributed by atoms with E-state index in [9.17, 15) is 20.0 Å². The molecule has 0 spiro atoms. The third-order valence-electron chi connectivity index (χ3n) is 3.21. The minimum atomic E-state index is -0.489. The van der Waals surface area contributed by atoms with Gasteiger partial charge in [-0.25, -0.2) is 0 Å². The topological polar surface area (TPSA) is 105 Å². The lowest BCUT2D eigenvalue weighted by molar-refractivity contribution is -0.384. The number of carbonyl (C=O) groups excluding carboxylic acids is 1. The maximum absolute atomic E-state index is 11.8. The summed E-state index contributed by atoms with van der Waals surface area (Å²) in [7, 11) is 0. The number of aromatic hydroxyl groups is 1. The summed E-state index contributed by atoms with van der Waals surface area (Å²) in [6.07, 6.45) is 3.60. The van der Waals surface area contributed by atoms with Crippen molar-refractivity contribution in [1.82, 2.24) is 4.98 Å². The number of benzene rings is 2. The Labute approximate surface area is 150 Å². The molecule has 1 heterocycles. The second-order valence-corrected chi connectivity index (χ2v) is 5.22. The molecular formula is C19H17N3O4. The normalized spacial score (nSPS) is 9.54. The Hall–Kier alpha value is -3.74. The standard InChI is InChI=1S/C14H12N2O4.C5H5N/c17-13-3-1-2-11(9-13)15-14(18)8-10-4-6-12(7-5-10)16(19)20;1-2-4-6-5-3-1/h1-7,9,17H,8H2,(H,15,18);1-5H. The molecule has 0 saturated heterocycles. The number of hydrogen-bond acceptors (Lipinski definition) is 5. The van der Waals surface area contributed by atoms with E-state index in [1.165, 1.54) is 24.3 Å². The molecule has 26 heavy (non-hydrogen) atoms. The van der Waals surface area contributed by atoms with Crippen LogP contribution in [0.5, 0.6) is 5.75 Å². The number of pyridine rings is 1. The van der Waals surface area contributed by atoms with Gasteiger partial charge in [-0.1, -0.05) is 24.3 Å². The van der Waals surface area contributed by atoms with Crippen molar-refractivity contribution in [2.75, 3.05) is 5.32 Å². The predicted octanol–water partition coefficient (Wildman–Crippen LogP) is 3.56. The van der Waals surface area contributed by atoms with E-state index in [2.05, 4.69) is 10.3 Å². The van der Waals surface area contributed by atoms with Crippen molar-refractivity contribution in [3.05, 3.63) is 94.8 Å². The first-order chi connectivity index (χ1) is 12.5. The summed E-state index contributed by atoms with van der Waals surface area (Å²) in [4.78, 5) is 25.6. The van der Waals surface area contributed by atoms with Crippen molar-refractivity contribution >= 4 is 17.3 Å². The molecule has 0 aliphatic carbocycles.